The summed E-state index contributed by atoms with van der Waals surface area (Å²) in [5.41, 5.74) is 6.61. The number of halogens is 3. The smallest absolute Gasteiger partial charge is 0.175 e. The predicted molar refractivity (Wildman–Crippen MR) is 150 cm³/mol. The van der Waals surface area contributed by atoms with Crippen molar-refractivity contribution in [3.63, 3.8) is 0 Å². The Morgan fingerprint density at radius 3 is 0.889 bits per heavy atom. The molecule has 6 nitrogen and oxygen atoms in total. The highest BCUT2D eigenvalue weighted by Crippen LogP contribution is 2.48. The highest BCUT2D eigenvalue weighted by Gasteiger charge is 2.28. The SMILES string of the molecule is COc1cc2c(c(Br)c1OC)Cc1cc(OC)c(OC)c(Br)c1Cc1cc(OC)c(OC)c(Br)c1C2. The van der Waals surface area contributed by atoms with Crippen molar-refractivity contribution in [1.82, 2.24) is 0 Å². The minimum atomic E-state index is 0.643. The average molecular weight is 687 g/mol. The molecular formula is C27H27Br3O6. The van der Waals surface area contributed by atoms with E-state index in [1.165, 1.54) is 0 Å². The lowest BCUT2D eigenvalue weighted by molar-refractivity contribution is 0.351. The van der Waals surface area contributed by atoms with Crippen molar-refractivity contribution in [2.45, 2.75) is 19.3 Å². The summed E-state index contributed by atoms with van der Waals surface area (Å²) in [4.78, 5) is 0. The number of methoxy groups -OCH3 is 6. The van der Waals surface area contributed by atoms with E-state index < -0.39 is 0 Å². The minimum Gasteiger partial charge on any atom is -0.493 e. The fourth-order valence-corrected chi connectivity index (χ4v) is 6.99. The van der Waals surface area contributed by atoms with Crippen molar-refractivity contribution in [2.75, 3.05) is 42.7 Å². The first-order chi connectivity index (χ1) is 17.3. The van der Waals surface area contributed by atoms with Crippen LogP contribution in [0.25, 0.3) is 0 Å². The molecule has 0 radical (unpaired) electrons. The Balaban J connectivity index is 2.12. The minimum absolute atomic E-state index is 0.643. The van der Waals surface area contributed by atoms with E-state index in [0.29, 0.717) is 53.8 Å². The molecule has 0 saturated carbocycles. The summed E-state index contributed by atoms with van der Waals surface area (Å²) in [6.45, 7) is 0. The standard InChI is InChI=1S/C27H27Br3O6/c1-31-19-10-13-7-17-15(12-21(33-3)26(35-5)23(17)29)9-18-14(8-16(13)22(28)25(19)34-4)11-20(32-2)27(36-6)24(18)30/h10-12H,7-9H2,1-6H3. The Hall–Kier alpha value is -2.10. The van der Waals surface area contributed by atoms with Crippen molar-refractivity contribution in [1.29, 1.82) is 0 Å². The van der Waals surface area contributed by atoms with Crippen LogP contribution >= 0.6 is 47.8 Å². The van der Waals surface area contributed by atoms with Crippen LogP contribution < -0.4 is 28.4 Å². The van der Waals surface area contributed by atoms with Crippen LogP contribution in [0.3, 0.4) is 0 Å². The molecule has 0 aromatic heterocycles. The zero-order valence-corrected chi connectivity index (χ0v) is 25.7. The van der Waals surface area contributed by atoms with Gasteiger partial charge in [0, 0.05) is 0 Å². The van der Waals surface area contributed by atoms with Crippen LogP contribution in [0, 0.1) is 0 Å². The second-order valence-electron chi connectivity index (χ2n) is 8.22. The summed E-state index contributed by atoms with van der Waals surface area (Å²) in [7, 11) is 9.87. The molecule has 4 rings (SSSR count). The van der Waals surface area contributed by atoms with Crippen molar-refractivity contribution in [3.05, 3.63) is 65.0 Å². The second kappa shape index (κ2) is 11.1. The summed E-state index contributed by atoms with van der Waals surface area (Å²) >= 11 is 11.5. The number of hydrogen-bond donors (Lipinski definition) is 0. The largest absolute Gasteiger partial charge is 0.493 e. The van der Waals surface area contributed by atoms with Crippen molar-refractivity contribution in [2.24, 2.45) is 0 Å². The van der Waals surface area contributed by atoms with E-state index in [0.717, 1.165) is 46.8 Å². The normalized spacial score (nSPS) is 12.2. The van der Waals surface area contributed by atoms with E-state index in [4.69, 9.17) is 28.4 Å². The number of fused-ring (bicyclic) bond motifs is 3. The molecular weight excluding hydrogens is 660 g/mol. The van der Waals surface area contributed by atoms with Gasteiger partial charge >= 0.3 is 0 Å². The Bertz CT molecular complexity index is 1160. The van der Waals surface area contributed by atoms with Gasteiger partial charge in [-0.05, 0) is 119 Å². The van der Waals surface area contributed by atoms with E-state index in [1.54, 1.807) is 42.7 Å². The molecule has 3 aromatic carbocycles. The van der Waals surface area contributed by atoms with Gasteiger partial charge in [0.1, 0.15) is 0 Å². The van der Waals surface area contributed by atoms with Gasteiger partial charge in [-0.1, -0.05) is 0 Å². The average Bonchev–Trinajstić information content (AvgIpc) is 2.94. The number of hydrogen-bond acceptors (Lipinski definition) is 6. The zero-order valence-electron chi connectivity index (χ0n) is 20.9. The topological polar surface area (TPSA) is 55.4 Å². The van der Waals surface area contributed by atoms with Gasteiger partial charge in [0.25, 0.3) is 0 Å². The van der Waals surface area contributed by atoms with Gasteiger partial charge in [0.05, 0.1) is 56.1 Å². The van der Waals surface area contributed by atoms with Crippen molar-refractivity contribution in [3.8, 4) is 34.5 Å². The molecule has 0 saturated heterocycles. The predicted octanol–water partition coefficient (Wildman–Crippen LogP) is 7.11. The maximum absolute atomic E-state index is 5.72. The fraction of sp³-hybridized carbons (Fsp3) is 0.333. The molecule has 1 aliphatic carbocycles. The van der Waals surface area contributed by atoms with Gasteiger partial charge < -0.3 is 28.4 Å². The van der Waals surface area contributed by atoms with Crippen molar-refractivity contribution < 1.29 is 28.4 Å². The Labute approximate surface area is 236 Å². The van der Waals surface area contributed by atoms with E-state index in [2.05, 4.69) is 47.8 Å². The molecule has 0 bridgehead atoms. The van der Waals surface area contributed by atoms with Gasteiger partial charge in [-0.25, -0.2) is 0 Å². The summed E-state index contributed by atoms with van der Waals surface area (Å²) in [5.74, 6) is 3.95. The lowest BCUT2D eigenvalue weighted by Crippen LogP contribution is -2.04. The molecule has 3 aromatic rings. The number of rotatable bonds is 6. The number of ether oxygens (including phenoxy) is 6. The van der Waals surface area contributed by atoms with Crippen LogP contribution in [0.2, 0.25) is 0 Å². The van der Waals surface area contributed by atoms with Crippen LogP contribution in [0.5, 0.6) is 34.5 Å². The summed E-state index contributed by atoms with van der Waals surface area (Å²) in [6.07, 6.45) is 1.93. The Morgan fingerprint density at radius 1 is 0.444 bits per heavy atom. The molecule has 0 fully saturated rings. The summed E-state index contributed by atoms with van der Waals surface area (Å²) in [6, 6.07) is 6.14. The monoisotopic (exact) mass is 684 g/mol. The number of benzene rings is 3. The van der Waals surface area contributed by atoms with Crippen LogP contribution in [0.15, 0.2) is 31.6 Å². The highest BCUT2D eigenvalue weighted by molar-refractivity contribution is 9.11. The van der Waals surface area contributed by atoms with E-state index >= 15 is 0 Å². The van der Waals surface area contributed by atoms with E-state index in [1.807, 2.05) is 18.2 Å². The van der Waals surface area contributed by atoms with Gasteiger partial charge in [-0.15, -0.1) is 0 Å². The van der Waals surface area contributed by atoms with Gasteiger partial charge in [-0.2, -0.15) is 0 Å². The Morgan fingerprint density at radius 2 is 0.694 bits per heavy atom. The van der Waals surface area contributed by atoms with Crippen LogP contribution in [0.4, 0.5) is 0 Å². The quantitative estimate of drug-likeness (QED) is 0.216. The molecule has 0 aliphatic heterocycles. The molecule has 0 heterocycles. The molecule has 192 valence electrons. The molecule has 0 atom stereocenters. The molecule has 1 aliphatic rings. The second-order valence-corrected chi connectivity index (χ2v) is 10.6. The third-order valence-corrected chi connectivity index (χ3v) is 9.03. The first-order valence-corrected chi connectivity index (χ1v) is 13.5. The first-order valence-electron chi connectivity index (χ1n) is 11.1. The molecule has 0 unspecified atom stereocenters. The molecule has 9 heteroatoms. The molecule has 0 amide bonds. The summed E-state index contributed by atoms with van der Waals surface area (Å²) in [5, 5.41) is 0. The van der Waals surface area contributed by atoms with E-state index in [-0.39, 0.29) is 0 Å². The van der Waals surface area contributed by atoms with Gasteiger partial charge in [0.15, 0.2) is 34.5 Å². The maximum Gasteiger partial charge on any atom is 0.175 e. The maximum atomic E-state index is 5.72. The molecule has 36 heavy (non-hydrogen) atoms. The van der Waals surface area contributed by atoms with Crippen molar-refractivity contribution >= 4 is 47.8 Å². The lowest BCUT2D eigenvalue weighted by atomic mass is 9.94. The van der Waals surface area contributed by atoms with E-state index in [9.17, 15) is 0 Å². The molecule has 0 N–H and O–H groups in total. The Kier molecular flexibility index (Phi) is 8.32. The third kappa shape index (κ3) is 4.54. The highest BCUT2D eigenvalue weighted by atomic mass is 79.9. The summed E-state index contributed by atoms with van der Waals surface area (Å²) < 4.78 is 36.8. The zero-order chi connectivity index (χ0) is 26.1. The fourth-order valence-electron chi connectivity index (χ4n) is 4.73. The first kappa shape index (κ1) is 26.9. The van der Waals surface area contributed by atoms with Crippen LogP contribution in [0.1, 0.15) is 33.4 Å². The molecule has 0 spiro atoms. The van der Waals surface area contributed by atoms with Gasteiger partial charge in [0.2, 0.25) is 0 Å². The third-order valence-electron chi connectivity index (χ3n) is 6.52. The van der Waals surface area contributed by atoms with Gasteiger partial charge in [-0.3, -0.25) is 0 Å². The van der Waals surface area contributed by atoms with Crippen LogP contribution in [-0.2, 0) is 19.3 Å². The van der Waals surface area contributed by atoms with Crippen LogP contribution in [-0.4, -0.2) is 42.7 Å². The lowest BCUT2D eigenvalue weighted by Gasteiger charge is -2.20.